The van der Waals surface area contributed by atoms with Crippen LogP contribution < -0.4 is 0 Å². The standard InChI is InChI=1S/C19H33I/c1-2-3-14-4-5-18-13-17(7-6-16(18)12-14)15-8-10-19(20)11-9-15/h14-19H,2-13H2,1H3. The fourth-order valence-corrected chi connectivity index (χ4v) is 6.39. The molecule has 1 heteroatoms. The zero-order valence-electron chi connectivity index (χ0n) is 13.3. The van der Waals surface area contributed by atoms with Gasteiger partial charge in [-0.2, -0.15) is 0 Å². The van der Waals surface area contributed by atoms with Crippen LogP contribution >= 0.6 is 22.6 Å². The van der Waals surface area contributed by atoms with E-state index in [1.165, 1.54) is 25.7 Å². The summed E-state index contributed by atoms with van der Waals surface area (Å²) < 4.78 is 0.990. The Morgan fingerprint density at radius 2 is 1.25 bits per heavy atom. The minimum atomic E-state index is 0.990. The van der Waals surface area contributed by atoms with E-state index in [9.17, 15) is 0 Å². The SMILES string of the molecule is CCCC1CCC2CC(C3CCC(I)CC3)CCC2C1. The Morgan fingerprint density at radius 3 is 1.95 bits per heavy atom. The Morgan fingerprint density at radius 1 is 0.700 bits per heavy atom. The fraction of sp³-hybridized carbons (Fsp3) is 1.00. The second-order valence-corrected chi connectivity index (χ2v) is 9.83. The van der Waals surface area contributed by atoms with Crippen LogP contribution in [0.1, 0.15) is 84.0 Å². The van der Waals surface area contributed by atoms with Crippen LogP contribution in [-0.4, -0.2) is 3.92 Å². The highest BCUT2D eigenvalue weighted by Crippen LogP contribution is 2.49. The molecule has 3 saturated carbocycles. The van der Waals surface area contributed by atoms with Crippen molar-refractivity contribution in [1.82, 2.24) is 0 Å². The zero-order valence-corrected chi connectivity index (χ0v) is 15.5. The molecular formula is C19H33I. The van der Waals surface area contributed by atoms with Gasteiger partial charge in [0.2, 0.25) is 0 Å². The van der Waals surface area contributed by atoms with Crippen LogP contribution in [0.2, 0.25) is 0 Å². The molecule has 0 saturated heterocycles. The van der Waals surface area contributed by atoms with Gasteiger partial charge in [-0.1, -0.05) is 48.8 Å². The molecule has 0 bridgehead atoms. The molecule has 0 nitrogen and oxygen atoms in total. The van der Waals surface area contributed by atoms with Crippen molar-refractivity contribution in [2.45, 2.75) is 87.9 Å². The van der Waals surface area contributed by atoms with Gasteiger partial charge in [-0.05, 0) is 87.4 Å². The molecule has 0 amide bonds. The van der Waals surface area contributed by atoms with Crippen molar-refractivity contribution in [1.29, 1.82) is 0 Å². The molecule has 4 unspecified atom stereocenters. The first-order chi connectivity index (χ1) is 9.76. The number of alkyl halides is 1. The lowest BCUT2D eigenvalue weighted by atomic mass is 9.61. The maximum Gasteiger partial charge on any atom is 0.0110 e. The van der Waals surface area contributed by atoms with E-state index in [0.717, 1.165) is 33.5 Å². The molecule has 0 aromatic heterocycles. The second-order valence-electron chi connectivity index (χ2n) is 8.07. The molecule has 4 atom stereocenters. The van der Waals surface area contributed by atoms with Crippen LogP contribution in [0.3, 0.4) is 0 Å². The highest BCUT2D eigenvalue weighted by molar-refractivity contribution is 14.1. The van der Waals surface area contributed by atoms with Gasteiger partial charge >= 0.3 is 0 Å². The van der Waals surface area contributed by atoms with Gasteiger partial charge in [0.1, 0.15) is 0 Å². The van der Waals surface area contributed by atoms with Crippen molar-refractivity contribution >= 4 is 22.6 Å². The van der Waals surface area contributed by atoms with Crippen LogP contribution in [0.25, 0.3) is 0 Å². The monoisotopic (exact) mass is 388 g/mol. The molecule has 0 aliphatic heterocycles. The summed E-state index contributed by atoms with van der Waals surface area (Å²) >= 11 is 2.68. The second kappa shape index (κ2) is 7.33. The van der Waals surface area contributed by atoms with E-state index in [1.807, 2.05) is 0 Å². The molecule has 3 fully saturated rings. The molecule has 3 aliphatic rings. The fourth-order valence-electron chi connectivity index (χ4n) is 5.67. The van der Waals surface area contributed by atoms with Gasteiger partial charge in [0.05, 0.1) is 0 Å². The highest BCUT2D eigenvalue weighted by Gasteiger charge is 2.38. The molecule has 0 heterocycles. The zero-order chi connectivity index (χ0) is 13.9. The van der Waals surface area contributed by atoms with Crippen LogP contribution in [0, 0.1) is 29.6 Å². The molecule has 3 rings (SSSR count). The Bertz CT molecular complexity index is 292. The Hall–Kier alpha value is 0.730. The maximum atomic E-state index is 2.68. The van der Waals surface area contributed by atoms with Gasteiger partial charge in [-0.15, -0.1) is 0 Å². The van der Waals surface area contributed by atoms with E-state index in [2.05, 4.69) is 29.5 Å². The lowest BCUT2D eigenvalue weighted by molar-refractivity contribution is 0.0643. The van der Waals surface area contributed by atoms with E-state index in [1.54, 1.807) is 51.4 Å². The number of halogens is 1. The lowest BCUT2D eigenvalue weighted by Crippen LogP contribution is -2.34. The van der Waals surface area contributed by atoms with Gasteiger partial charge in [-0.25, -0.2) is 0 Å². The summed E-state index contributed by atoms with van der Waals surface area (Å²) in [6, 6.07) is 0. The van der Waals surface area contributed by atoms with Crippen molar-refractivity contribution in [3.8, 4) is 0 Å². The van der Waals surface area contributed by atoms with E-state index in [4.69, 9.17) is 0 Å². The van der Waals surface area contributed by atoms with E-state index < -0.39 is 0 Å². The molecule has 0 aromatic rings. The molecule has 0 spiro atoms. The van der Waals surface area contributed by atoms with E-state index in [-0.39, 0.29) is 0 Å². The first kappa shape index (κ1) is 15.6. The Kier molecular flexibility index (Phi) is 5.72. The number of hydrogen-bond donors (Lipinski definition) is 0. The van der Waals surface area contributed by atoms with Gasteiger partial charge in [0, 0.05) is 3.92 Å². The normalized spacial score (nSPS) is 45.9. The predicted molar refractivity (Wildman–Crippen MR) is 96.3 cm³/mol. The molecule has 116 valence electrons. The van der Waals surface area contributed by atoms with Crippen LogP contribution in [-0.2, 0) is 0 Å². The average Bonchev–Trinajstić information content (AvgIpc) is 2.48. The maximum absolute atomic E-state index is 2.68. The summed E-state index contributed by atoms with van der Waals surface area (Å²) in [5.74, 6) is 5.56. The number of rotatable bonds is 3. The summed E-state index contributed by atoms with van der Waals surface area (Å²) in [6.45, 7) is 2.37. The van der Waals surface area contributed by atoms with Gasteiger partial charge < -0.3 is 0 Å². The van der Waals surface area contributed by atoms with Crippen molar-refractivity contribution in [2.75, 3.05) is 0 Å². The summed E-state index contributed by atoms with van der Waals surface area (Å²) in [5.41, 5.74) is 0. The predicted octanol–water partition coefficient (Wildman–Crippen LogP) is 6.61. The number of hydrogen-bond acceptors (Lipinski definition) is 0. The summed E-state index contributed by atoms with van der Waals surface area (Å²) in [6.07, 6.45) is 18.5. The first-order valence-electron chi connectivity index (χ1n) is 9.40. The summed E-state index contributed by atoms with van der Waals surface area (Å²) in [7, 11) is 0. The van der Waals surface area contributed by atoms with Crippen LogP contribution in [0.5, 0.6) is 0 Å². The van der Waals surface area contributed by atoms with Crippen molar-refractivity contribution < 1.29 is 0 Å². The third-order valence-electron chi connectivity index (χ3n) is 6.83. The lowest BCUT2D eigenvalue weighted by Gasteiger charge is -2.45. The average molecular weight is 388 g/mol. The van der Waals surface area contributed by atoms with Gasteiger partial charge in [-0.3, -0.25) is 0 Å². The third-order valence-corrected chi connectivity index (χ3v) is 8.07. The topological polar surface area (TPSA) is 0 Å². The molecule has 0 radical (unpaired) electrons. The minimum Gasteiger partial charge on any atom is -0.0826 e. The van der Waals surface area contributed by atoms with Crippen LogP contribution in [0.15, 0.2) is 0 Å². The first-order valence-corrected chi connectivity index (χ1v) is 10.6. The van der Waals surface area contributed by atoms with E-state index >= 15 is 0 Å². The molecular weight excluding hydrogens is 355 g/mol. The van der Waals surface area contributed by atoms with Crippen LogP contribution in [0.4, 0.5) is 0 Å². The van der Waals surface area contributed by atoms with Gasteiger partial charge in [0.25, 0.3) is 0 Å². The Labute approximate surface area is 140 Å². The van der Waals surface area contributed by atoms with Crippen molar-refractivity contribution in [3.63, 3.8) is 0 Å². The third kappa shape index (κ3) is 3.73. The molecule has 3 aliphatic carbocycles. The molecule has 0 N–H and O–H groups in total. The highest BCUT2D eigenvalue weighted by atomic mass is 127. The smallest absolute Gasteiger partial charge is 0.0110 e. The van der Waals surface area contributed by atoms with Gasteiger partial charge in [0.15, 0.2) is 0 Å². The molecule has 20 heavy (non-hydrogen) atoms. The minimum absolute atomic E-state index is 0.990. The largest absolute Gasteiger partial charge is 0.0826 e. The summed E-state index contributed by atoms with van der Waals surface area (Å²) in [4.78, 5) is 0. The summed E-state index contributed by atoms with van der Waals surface area (Å²) in [5, 5.41) is 0. The van der Waals surface area contributed by atoms with E-state index in [0.29, 0.717) is 0 Å². The number of fused-ring (bicyclic) bond motifs is 1. The Balaban J connectivity index is 1.50. The van der Waals surface area contributed by atoms with Crippen molar-refractivity contribution in [3.05, 3.63) is 0 Å². The quantitative estimate of drug-likeness (QED) is 0.377. The van der Waals surface area contributed by atoms with Crippen molar-refractivity contribution in [2.24, 2.45) is 29.6 Å². The molecule has 0 aromatic carbocycles.